The summed E-state index contributed by atoms with van der Waals surface area (Å²) < 4.78 is 18.0. The van der Waals surface area contributed by atoms with E-state index in [9.17, 15) is 19.1 Å². The molecular weight excluding hydrogens is 307 g/mol. The van der Waals surface area contributed by atoms with Crippen LogP contribution in [0.15, 0.2) is 12.4 Å². The lowest BCUT2D eigenvalue weighted by molar-refractivity contribution is -0.143. The first-order valence-corrected chi connectivity index (χ1v) is 7.08. The van der Waals surface area contributed by atoms with Crippen molar-refractivity contribution in [1.82, 2.24) is 15.3 Å². The van der Waals surface area contributed by atoms with Gasteiger partial charge in [0.1, 0.15) is 5.60 Å². The van der Waals surface area contributed by atoms with Gasteiger partial charge < -0.3 is 20.1 Å². The maximum Gasteiger partial charge on any atom is 0.408 e. The summed E-state index contributed by atoms with van der Waals surface area (Å²) in [4.78, 5) is 32.8. The number of nitrogens with one attached hydrogen (secondary N) is 1. The van der Waals surface area contributed by atoms with Crippen LogP contribution in [0, 0.1) is 5.82 Å². The Kier molecular flexibility index (Phi) is 4.39. The number of carbonyl (C=O) groups is 2. The third-order valence-electron chi connectivity index (χ3n) is 3.31. The van der Waals surface area contributed by atoms with E-state index in [1.807, 2.05) is 0 Å². The van der Waals surface area contributed by atoms with Crippen LogP contribution in [-0.4, -0.2) is 51.4 Å². The number of alkyl carbamates (subject to hydrolysis) is 1. The fourth-order valence-electron chi connectivity index (χ4n) is 2.28. The van der Waals surface area contributed by atoms with Crippen molar-refractivity contribution >= 4 is 18.0 Å². The molecule has 1 unspecified atom stereocenters. The summed E-state index contributed by atoms with van der Waals surface area (Å²) in [6.07, 6.45) is 1.36. The Labute approximate surface area is 132 Å². The van der Waals surface area contributed by atoms with E-state index in [4.69, 9.17) is 4.74 Å². The van der Waals surface area contributed by atoms with E-state index in [1.165, 1.54) is 0 Å². The highest BCUT2D eigenvalue weighted by Gasteiger charge is 2.47. The van der Waals surface area contributed by atoms with E-state index < -0.39 is 29.0 Å². The standard InChI is InChI=1S/C14H19FN4O4/c1-13(2,3)23-12(22)18-14(10(20)21)4-5-19(8-14)11-16-6-9(15)7-17-11/h6-7H,4-5,8H2,1-3H3,(H,18,22)(H,20,21). The van der Waals surface area contributed by atoms with Gasteiger partial charge in [-0.2, -0.15) is 0 Å². The Hall–Kier alpha value is -2.45. The Morgan fingerprint density at radius 2 is 2.00 bits per heavy atom. The second kappa shape index (κ2) is 5.98. The maximum atomic E-state index is 12.9. The average molecular weight is 326 g/mol. The van der Waals surface area contributed by atoms with Crippen LogP contribution < -0.4 is 10.2 Å². The topological polar surface area (TPSA) is 105 Å². The molecule has 23 heavy (non-hydrogen) atoms. The zero-order valence-electron chi connectivity index (χ0n) is 13.2. The van der Waals surface area contributed by atoms with E-state index in [0.29, 0.717) is 6.54 Å². The maximum absolute atomic E-state index is 12.9. The molecule has 8 nitrogen and oxygen atoms in total. The van der Waals surface area contributed by atoms with Crippen molar-refractivity contribution in [3.05, 3.63) is 18.2 Å². The lowest BCUT2D eigenvalue weighted by Crippen LogP contribution is -2.57. The monoisotopic (exact) mass is 326 g/mol. The highest BCUT2D eigenvalue weighted by Crippen LogP contribution is 2.25. The van der Waals surface area contributed by atoms with Gasteiger partial charge in [0, 0.05) is 13.0 Å². The molecule has 1 fully saturated rings. The van der Waals surface area contributed by atoms with Gasteiger partial charge in [-0.15, -0.1) is 0 Å². The molecule has 0 aliphatic carbocycles. The van der Waals surface area contributed by atoms with Gasteiger partial charge in [0.2, 0.25) is 5.95 Å². The molecule has 1 amide bonds. The van der Waals surface area contributed by atoms with Crippen LogP contribution in [0.25, 0.3) is 0 Å². The van der Waals surface area contributed by atoms with Gasteiger partial charge in [0.15, 0.2) is 11.4 Å². The number of nitrogens with zero attached hydrogens (tertiary/aromatic N) is 3. The molecule has 0 spiro atoms. The van der Waals surface area contributed by atoms with Crippen LogP contribution in [0.5, 0.6) is 0 Å². The van der Waals surface area contributed by atoms with Crippen molar-refractivity contribution in [1.29, 1.82) is 0 Å². The first-order valence-electron chi connectivity index (χ1n) is 7.08. The smallest absolute Gasteiger partial charge is 0.408 e. The Bertz CT molecular complexity index is 602. The zero-order chi connectivity index (χ0) is 17.3. The third kappa shape index (κ3) is 4.05. The van der Waals surface area contributed by atoms with Gasteiger partial charge in [0.05, 0.1) is 18.9 Å². The number of anilines is 1. The van der Waals surface area contributed by atoms with Crippen molar-refractivity contribution in [3.8, 4) is 0 Å². The molecule has 2 N–H and O–H groups in total. The molecule has 1 saturated heterocycles. The van der Waals surface area contributed by atoms with Gasteiger partial charge in [-0.25, -0.2) is 23.9 Å². The Morgan fingerprint density at radius 3 is 2.52 bits per heavy atom. The van der Waals surface area contributed by atoms with Crippen molar-refractivity contribution in [2.24, 2.45) is 0 Å². The number of aliphatic carboxylic acids is 1. The van der Waals surface area contributed by atoms with Crippen LogP contribution in [0.4, 0.5) is 15.1 Å². The van der Waals surface area contributed by atoms with Crippen LogP contribution >= 0.6 is 0 Å². The molecule has 126 valence electrons. The number of hydrogen-bond acceptors (Lipinski definition) is 6. The highest BCUT2D eigenvalue weighted by molar-refractivity contribution is 5.86. The number of amides is 1. The zero-order valence-corrected chi connectivity index (χ0v) is 13.2. The molecule has 2 heterocycles. The summed E-state index contributed by atoms with van der Waals surface area (Å²) in [5, 5.41) is 11.9. The molecular formula is C14H19FN4O4. The summed E-state index contributed by atoms with van der Waals surface area (Å²) in [6, 6.07) is 0. The predicted molar refractivity (Wildman–Crippen MR) is 78.6 cm³/mol. The molecule has 0 aromatic carbocycles. The van der Waals surface area contributed by atoms with Crippen LogP contribution in [-0.2, 0) is 9.53 Å². The lowest BCUT2D eigenvalue weighted by Gasteiger charge is -2.28. The SMILES string of the molecule is CC(C)(C)OC(=O)NC1(C(=O)O)CCN(c2ncc(F)cn2)C1. The number of halogens is 1. The highest BCUT2D eigenvalue weighted by atomic mass is 19.1. The van der Waals surface area contributed by atoms with Crippen LogP contribution in [0.1, 0.15) is 27.2 Å². The van der Waals surface area contributed by atoms with E-state index in [2.05, 4.69) is 15.3 Å². The first kappa shape index (κ1) is 16.9. The first-order chi connectivity index (χ1) is 10.6. The number of carboxylic acids is 1. The quantitative estimate of drug-likeness (QED) is 0.859. The Balaban J connectivity index is 2.12. The Morgan fingerprint density at radius 1 is 1.39 bits per heavy atom. The number of rotatable bonds is 3. The number of carboxylic acid groups (broad SMARTS) is 1. The fraction of sp³-hybridized carbons (Fsp3) is 0.571. The average Bonchev–Trinajstić information content (AvgIpc) is 2.82. The van der Waals surface area contributed by atoms with E-state index in [-0.39, 0.29) is 18.9 Å². The molecule has 0 bridgehead atoms. The molecule has 2 rings (SSSR count). The van der Waals surface area contributed by atoms with Crippen molar-refractivity contribution in [2.45, 2.75) is 38.3 Å². The predicted octanol–water partition coefficient (Wildman–Crippen LogP) is 1.17. The second-order valence-electron chi connectivity index (χ2n) is 6.39. The summed E-state index contributed by atoms with van der Waals surface area (Å²) in [5.41, 5.74) is -2.23. The minimum atomic E-state index is -1.50. The third-order valence-corrected chi connectivity index (χ3v) is 3.31. The number of ether oxygens (including phenoxy) is 1. The van der Waals surface area contributed by atoms with E-state index in [0.717, 1.165) is 12.4 Å². The van der Waals surface area contributed by atoms with Gasteiger partial charge in [-0.05, 0) is 20.8 Å². The molecule has 1 atom stereocenters. The summed E-state index contributed by atoms with van der Waals surface area (Å²) >= 11 is 0. The molecule has 0 radical (unpaired) electrons. The summed E-state index contributed by atoms with van der Waals surface area (Å²) in [5.74, 6) is -1.54. The molecule has 1 aromatic heterocycles. The van der Waals surface area contributed by atoms with E-state index >= 15 is 0 Å². The van der Waals surface area contributed by atoms with Crippen molar-refractivity contribution < 1.29 is 23.8 Å². The lowest BCUT2D eigenvalue weighted by atomic mass is 9.99. The fourth-order valence-corrected chi connectivity index (χ4v) is 2.28. The van der Waals surface area contributed by atoms with Gasteiger partial charge in [-0.1, -0.05) is 0 Å². The molecule has 1 aliphatic heterocycles. The molecule has 1 aromatic rings. The number of hydrogen-bond donors (Lipinski definition) is 2. The minimum absolute atomic E-state index is 0.0345. The normalized spacial score (nSPS) is 21.1. The summed E-state index contributed by atoms with van der Waals surface area (Å²) in [7, 11) is 0. The largest absolute Gasteiger partial charge is 0.479 e. The van der Waals surface area contributed by atoms with Crippen LogP contribution in [0.2, 0.25) is 0 Å². The van der Waals surface area contributed by atoms with Crippen LogP contribution in [0.3, 0.4) is 0 Å². The van der Waals surface area contributed by atoms with Crippen molar-refractivity contribution in [3.63, 3.8) is 0 Å². The van der Waals surface area contributed by atoms with Gasteiger partial charge >= 0.3 is 12.1 Å². The minimum Gasteiger partial charge on any atom is -0.479 e. The summed E-state index contributed by atoms with van der Waals surface area (Å²) in [6.45, 7) is 5.34. The number of carbonyl (C=O) groups excluding carboxylic acids is 1. The van der Waals surface area contributed by atoms with Crippen molar-refractivity contribution in [2.75, 3.05) is 18.0 Å². The van der Waals surface area contributed by atoms with E-state index in [1.54, 1.807) is 25.7 Å². The molecule has 0 saturated carbocycles. The molecule has 1 aliphatic rings. The van der Waals surface area contributed by atoms with Gasteiger partial charge in [0.25, 0.3) is 0 Å². The molecule has 9 heteroatoms. The van der Waals surface area contributed by atoms with Gasteiger partial charge in [-0.3, -0.25) is 0 Å². The number of aromatic nitrogens is 2. The second-order valence-corrected chi connectivity index (χ2v) is 6.39.